The SMILES string of the molecule is CN(CCCC(=O)O)[N+]([O-])=NOCN1C(=O)CCC1=O. The first kappa shape index (κ1) is 15.7. The quantitative estimate of drug-likeness (QED) is 0.281. The highest BCUT2D eigenvalue weighted by atomic mass is 16.7. The lowest BCUT2D eigenvalue weighted by molar-refractivity contribution is -0.705. The summed E-state index contributed by atoms with van der Waals surface area (Å²) >= 11 is 0. The number of imide groups is 1. The zero-order valence-electron chi connectivity index (χ0n) is 11.0. The fraction of sp³-hybridized carbons (Fsp3) is 0.700. The Bertz CT molecular complexity index is 408. The average Bonchev–Trinajstić information content (AvgIpc) is 2.69. The number of nitrogens with zero attached hydrogens (tertiary/aromatic N) is 4. The molecule has 0 aliphatic carbocycles. The van der Waals surface area contributed by atoms with Gasteiger partial charge in [0.2, 0.25) is 23.8 Å². The molecule has 1 rings (SSSR count). The molecule has 1 aliphatic rings. The fourth-order valence-corrected chi connectivity index (χ4v) is 1.51. The van der Waals surface area contributed by atoms with Crippen LogP contribution in [0.3, 0.4) is 0 Å². The molecule has 1 N–H and O–H groups in total. The topological polar surface area (TPSA) is 126 Å². The third-order valence-corrected chi connectivity index (χ3v) is 2.63. The maximum absolute atomic E-state index is 11.4. The van der Waals surface area contributed by atoms with Gasteiger partial charge in [0.05, 0.1) is 18.6 Å². The fourth-order valence-electron chi connectivity index (χ4n) is 1.51. The molecule has 10 heteroatoms. The van der Waals surface area contributed by atoms with Crippen LogP contribution in [0.4, 0.5) is 0 Å². The second-order valence-electron chi connectivity index (χ2n) is 4.19. The first-order valence-electron chi connectivity index (χ1n) is 5.98. The average molecular weight is 288 g/mol. The van der Waals surface area contributed by atoms with Gasteiger partial charge in [0.15, 0.2) is 0 Å². The standard InChI is InChI=1S/C10H16N4O6/c1-12(6-2-3-10(17)18)14(19)11-20-7-13-8(15)4-5-9(13)16/h2-7H2,1H3,(H,17,18). The van der Waals surface area contributed by atoms with Crippen LogP contribution in [0.5, 0.6) is 0 Å². The van der Waals surface area contributed by atoms with Gasteiger partial charge in [-0.1, -0.05) is 0 Å². The normalized spacial score (nSPS) is 15.7. The van der Waals surface area contributed by atoms with Crippen molar-refractivity contribution in [3.63, 3.8) is 0 Å². The number of likely N-dealkylation sites (tertiary alicyclic amines) is 1. The van der Waals surface area contributed by atoms with Gasteiger partial charge in [-0.05, 0) is 6.42 Å². The van der Waals surface area contributed by atoms with Gasteiger partial charge in [0.25, 0.3) is 0 Å². The molecule has 1 saturated heterocycles. The van der Waals surface area contributed by atoms with Gasteiger partial charge in [-0.2, -0.15) is 0 Å². The molecule has 0 aromatic heterocycles. The van der Waals surface area contributed by atoms with Gasteiger partial charge in [-0.25, -0.2) is 4.90 Å². The molecule has 0 aromatic carbocycles. The van der Waals surface area contributed by atoms with Crippen molar-refractivity contribution in [3.05, 3.63) is 5.21 Å². The first-order chi connectivity index (χ1) is 9.41. The molecule has 0 bridgehead atoms. The minimum atomic E-state index is -0.949. The van der Waals surface area contributed by atoms with E-state index >= 15 is 0 Å². The van der Waals surface area contributed by atoms with Crippen molar-refractivity contribution in [2.45, 2.75) is 25.7 Å². The van der Waals surface area contributed by atoms with Crippen molar-refractivity contribution < 1.29 is 29.3 Å². The van der Waals surface area contributed by atoms with Crippen LogP contribution in [-0.4, -0.2) is 58.1 Å². The summed E-state index contributed by atoms with van der Waals surface area (Å²) in [6.45, 7) is -0.219. The maximum Gasteiger partial charge on any atom is 0.303 e. The molecule has 0 unspecified atom stereocenters. The summed E-state index contributed by atoms with van der Waals surface area (Å²) in [6, 6.07) is 0. The van der Waals surface area contributed by atoms with Crippen LogP contribution in [0.1, 0.15) is 25.7 Å². The molecule has 10 nitrogen and oxygen atoms in total. The lowest BCUT2D eigenvalue weighted by Gasteiger charge is -2.13. The third-order valence-electron chi connectivity index (χ3n) is 2.63. The highest BCUT2D eigenvalue weighted by molar-refractivity contribution is 6.01. The van der Waals surface area contributed by atoms with Crippen molar-refractivity contribution in [1.29, 1.82) is 0 Å². The van der Waals surface area contributed by atoms with E-state index in [4.69, 9.17) is 5.11 Å². The van der Waals surface area contributed by atoms with Crippen LogP contribution < -0.4 is 0 Å². The van der Waals surface area contributed by atoms with Crippen LogP contribution in [-0.2, 0) is 19.2 Å². The van der Waals surface area contributed by atoms with Crippen LogP contribution in [0.15, 0.2) is 5.28 Å². The summed E-state index contributed by atoms with van der Waals surface area (Å²) in [7, 11) is 1.41. The van der Waals surface area contributed by atoms with E-state index in [2.05, 4.69) is 10.1 Å². The Hall–Kier alpha value is -2.39. The second-order valence-corrected chi connectivity index (χ2v) is 4.19. The maximum atomic E-state index is 11.4. The number of hydrazine groups is 1. The zero-order valence-corrected chi connectivity index (χ0v) is 11.0. The van der Waals surface area contributed by atoms with Gasteiger partial charge < -0.3 is 15.2 Å². The van der Waals surface area contributed by atoms with Gasteiger partial charge in [0.1, 0.15) is 0 Å². The predicted molar refractivity (Wildman–Crippen MR) is 62.6 cm³/mol. The number of carboxylic acid groups (broad SMARTS) is 1. The number of carbonyl (C=O) groups excluding carboxylic acids is 2. The third kappa shape index (κ3) is 4.71. The summed E-state index contributed by atoms with van der Waals surface area (Å²) in [5.74, 6) is -1.68. The van der Waals surface area contributed by atoms with Gasteiger partial charge in [-0.3, -0.25) is 14.4 Å². The van der Waals surface area contributed by atoms with E-state index in [1.165, 1.54) is 7.05 Å². The molecule has 1 aliphatic heterocycles. The van der Waals surface area contributed by atoms with Gasteiger partial charge >= 0.3 is 5.97 Å². The number of rotatable bonds is 8. The number of hydrogen-bond acceptors (Lipinski definition) is 6. The molecule has 20 heavy (non-hydrogen) atoms. The lowest BCUT2D eigenvalue weighted by Crippen LogP contribution is -2.32. The summed E-state index contributed by atoms with van der Waals surface area (Å²) in [6.07, 6.45) is 0.496. The Kier molecular flexibility index (Phi) is 5.69. The first-order valence-corrected chi connectivity index (χ1v) is 5.98. The molecule has 0 radical (unpaired) electrons. The van der Waals surface area contributed by atoms with Crippen molar-refractivity contribution >= 4 is 17.8 Å². The number of carbonyl (C=O) groups is 3. The van der Waals surface area contributed by atoms with E-state index in [9.17, 15) is 19.6 Å². The highest BCUT2D eigenvalue weighted by Gasteiger charge is 2.29. The molecule has 2 amide bonds. The van der Waals surface area contributed by atoms with Gasteiger partial charge in [-0.15, -0.1) is 5.01 Å². The van der Waals surface area contributed by atoms with Crippen molar-refractivity contribution in [2.24, 2.45) is 5.28 Å². The molecule has 0 saturated carbocycles. The monoisotopic (exact) mass is 288 g/mol. The largest absolute Gasteiger partial charge is 0.569 e. The van der Waals surface area contributed by atoms with Gasteiger partial charge in [0, 0.05) is 19.3 Å². The molecule has 1 fully saturated rings. The Labute approximate surface area is 114 Å². The zero-order chi connectivity index (χ0) is 15.1. The number of carboxylic acids is 1. The smallest absolute Gasteiger partial charge is 0.303 e. The van der Waals surface area contributed by atoms with E-state index < -0.39 is 12.7 Å². The Morgan fingerprint density at radius 1 is 1.50 bits per heavy atom. The lowest BCUT2D eigenvalue weighted by atomic mass is 10.3. The molecular weight excluding hydrogens is 272 g/mol. The number of amides is 2. The highest BCUT2D eigenvalue weighted by Crippen LogP contribution is 2.11. The molecule has 0 spiro atoms. The van der Waals surface area contributed by atoms with E-state index in [0.717, 1.165) is 9.91 Å². The van der Waals surface area contributed by atoms with Crippen molar-refractivity contribution in [2.75, 3.05) is 20.3 Å². The number of aliphatic carboxylic acids is 1. The summed E-state index contributed by atoms with van der Waals surface area (Å²) in [5, 5.41) is 24.1. The minimum Gasteiger partial charge on any atom is -0.569 e. The van der Waals surface area contributed by atoms with E-state index in [1.54, 1.807) is 0 Å². The minimum absolute atomic E-state index is 0.0597. The Morgan fingerprint density at radius 3 is 2.65 bits per heavy atom. The summed E-state index contributed by atoms with van der Waals surface area (Å²) in [5.41, 5.74) is 0. The molecule has 1 heterocycles. The van der Waals surface area contributed by atoms with Crippen molar-refractivity contribution in [3.8, 4) is 0 Å². The Morgan fingerprint density at radius 2 is 2.10 bits per heavy atom. The van der Waals surface area contributed by atoms with Crippen LogP contribution in [0.2, 0.25) is 0 Å². The number of hydrogen-bond donors (Lipinski definition) is 1. The van der Waals surface area contributed by atoms with E-state index in [1.807, 2.05) is 0 Å². The summed E-state index contributed by atoms with van der Waals surface area (Å²) in [4.78, 5) is 38.4. The summed E-state index contributed by atoms with van der Waals surface area (Å²) < 4.78 is 0. The van der Waals surface area contributed by atoms with Crippen LogP contribution in [0.25, 0.3) is 0 Å². The van der Waals surface area contributed by atoms with Crippen LogP contribution in [0, 0.1) is 5.21 Å². The predicted octanol–water partition coefficient (Wildman–Crippen LogP) is -0.301. The van der Waals surface area contributed by atoms with E-state index in [-0.39, 0.29) is 49.0 Å². The molecule has 112 valence electrons. The Balaban J connectivity index is 2.31. The van der Waals surface area contributed by atoms with Crippen LogP contribution >= 0.6 is 0 Å². The van der Waals surface area contributed by atoms with E-state index in [0.29, 0.717) is 0 Å². The molecule has 0 aromatic rings. The second kappa shape index (κ2) is 7.26. The molecule has 0 atom stereocenters. The van der Waals surface area contributed by atoms with Crippen molar-refractivity contribution in [1.82, 2.24) is 9.91 Å². The molecular formula is C10H16N4O6.